The standard InChI is InChI=1S/C11H13N3O/c1-4-10-9(6-5-7(2)13-10)11(15)14-8(3)12/h4-6H,1H2,2-3H3,(H2,12,14,15). The second kappa shape index (κ2) is 4.50. The number of carbonyl (C=O) groups excluding carboxylic acids is 1. The average Bonchev–Trinajstić information content (AvgIpc) is 2.16. The van der Waals surface area contributed by atoms with Gasteiger partial charge in [-0.1, -0.05) is 6.58 Å². The van der Waals surface area contributed by atoms with Crippen molar-refractivity contribution in [1.29, 1.82) is 0 Å². The molecular formula is C11H13N3O. The minimum absolute atomic E-state index is 0.232. The normalized spacial score (nSPS) is 11.2. The van der Waals surface area contributed by atoms with Gasteiger partial charge in [0, 0.05) is 5.69 Å². The molecule has 15 heavy (non-hydrogen) atoms. The van der Waals surface area contributed by atoms with E-state index in [9.17, 15) is 4.79 Å². The van der Waals surface area contributed by atoms with E-state index in [0.717, 1.165) is 5.69 Å². The van der Waals surface area contributed by atoms with Gasteiger partial charge in [-0.3, -0.25) is 9.78 Å². The van der Waals surface area contributed by atoms with Crippen molar-refractivity contribution in [2.45, 2.75) is 13.8 Å². The third kappa shape index (κ3) is 2.74. The van der Waals surface area contributed by atoms with Gasteiger partial charge in [0.2, 0.25) is 0 Å². The minimum Gasteiger partial charge on any atom is -0.387 e. The molecule has 0 aromatic carbocycles. The van der Waals surface area contributed by atoms with Gasteiger partial charge in [0.15, 0.2) is 0 Å². The van der Waals surface area contributed by atoms with Gasteiger partial charge in [0.1, 0.15) is 5.84 Å². The Hall–Kier alpha value is -1.97. The van der Waals surface area contributed by atoms with E-state index in [1.165, 1.54) is 6.08 Å². The van der Waals surface area contributed by atoms with E-state index < -0.39 is 5.91 Å². The van der Waals surface area contributed by atoms with Crippen LogP contribution in [0.2, 0.25) is 0 Å². The van der Waals surface area contributed by atoms with Gasteiger partial charge in [-0.05, 0) is 32.1 Å². The van der Waals surface area contributed by atoms with Crippen LogP contribution in [0.4, 0.5) is 0 Å². The molecule has 0 atom stereocenters. The fraction of sp³-hybridized carbons (Fsp3) is 0.182. The van der Waals surface area contributed by atoms with E-state index in [2.05, 4.69) is 16.6 Å². The zero-order chi connectivity index (χ0) is 11.4. The molecule has 0 saturated heterocycles. The molecule has 0 aliphatic heterocycles. The van der Waals surface area contributed by atoms with Crippen LogP contribution >= 0.6 is 0 Å². The van der Waals surface area contributed by atoms with Gasteiger partial charge in [-0.2, -0.15) is 4.99 Å². The molecule has 2 N–H and O–H groups in total. The number of nitrogens with two attached hydrogens (primary N) is 1. The molecular weight excluding hydrogens is 190 g/mol. The summed E-state index contributed by atoms with van der Waals surface area (Å²) in [6.07, 6.45) is 1.53. The fourth-order valence-corrected chi connectivity index (χ4v) is 1.13. The second-order valence-electron chi connectivity index (χ2n) is 3.15. The largest absolute Gasteiger partial charge is 0.387 e. The van der Waals surface area contributed by atoms with Crippen LogP contribution in [0.25, 0.3) is 6.08 Å². The summed E-state index contributed by atoms with van der Waals surface area (Å²) in [7, 11) is 0. The highest BCUT2D eigenvalue weighted by molar-refractivity contribution is 6.03. The Bertz CT molecular complexity index is 431. The highest BCUT2D eigenvalue weighted by atomic mass is 16.1. The number of rotatable bonds is 2. The molecule has 0 radical (unpaired) electrons. The summed E-state index contributed by atoms with van der Waals surface area (Å²) in [6, 6.07) is 3.43. The second-order valence-corrected chi connectivity index (χ2v) is 3.15. The lowest BCUT2D eigenvalue weighted by Gasteiger charge is -2.02. The third-order valence-electron chi connectivity index (χ3n) is 1.77. The first-order valence-corrected chi connectivity index (χ1v) is 4.49. The number of carbonyl (C=O) groups is 1. The van der Waals surface area contributed by atoms with Gasteiger partial charge in [-0.25, -0.2) is 0 Å². The summed E-state index contributed by atoms with van der Waals surface area (Å²) in [6.45, 7) is 7.01. The number of amides is 1. The van der Waals surface area contributed by atoms with Crippen LogP contribution in [-0.2, 0) is 0 Å². The molecule has 0 unspecified atom stereocenters. The molecule has 0 fully saturated rings. The highest BCUT2D eigenvalue weighted by Gasteiger charge is 2.09. The molecule has 1 aromatic rings. The summed E-state index contributed by atoms with van der Waals surface area (Å²) in [5.74, 6) is -0.159. The van der Waals surface area contributed by atoms with Gasteiger partial charge >= 0.3 is 0 Å². The van der Waals surface area contributed by atoms with E-state index in [1.54, 1.807) is 19.1 Å². The molecule has 78 valence electrons. The molecule has 4 nitrogen and oxygen atoms in total. The minimum atomic E-state index is -0.391. The maximum Gasteiger partial charge on any atom is 0.280 e. The zero-order valence-electron chi connectivity index (χ0n) is 8.82. The van der Waals surface area contributed by atoms with Gasteiger partial charge < -0.3 is 5.73 Å². The molecule has 0 spiro atoms. The SMILES string of the molecule is C=Cc1nc(C)ccc1C(=O)N=C(C)N. The summed E-state index contributed by atoms with van der Waals surface area (Å²) in [4.78, 5) is 19.4. The van der Waals surface area contributed by atoms with Crippen LogP contribution in [0, 0.1) is 6.92 Å². The summed E-state index contributed by atoms with van der Waals surface area (Å²) in [5.41, 5.74) is 7.11. The van der Waals surface area contributed by atoms with E-state index in [0.29, 0.717) is 11.3 Å². The maximum absolute atomic E-state index is 11.6. The fourth-order valence-electron chi connectivity index (χ4n) is 1.13. The van der Waals surface area contributed by atoms with Crippen molar-refractivity contribution in [3.05, 3.63) is 35.7 Å². The van der Waals surface area contributed by atoms with Crippen LogP contribution in [0.1, 0.15) is 28.7 Å². The number of aromatic nitrogens is 1. The van der Waals surface area contributed by atoms with Crippen molar-refractivity contribution in [3.8, 4) is 0 Å². The van der Waals surface area contributed by atoms with Crippen molar-refractivity contribution in [3.63, 3.8) is 0 Å². The number of nitrogens with zero attached hydrogens (tertiary/aromatic N) is 2. The van der Waals surface area contributed by atoms with E-state index >= 15 is 0 Å². The van der Waals surface area contributed by atoms with Crippen LogP contribution in [0.5, 0.6) is 0 Å². The van der Waals surface area contributed by atoms with Crippen LogP contribution < -0.4 is 5.73 Å². The molecule has 0 bridgehead atoms. The number of aryl methyl sites for hydroxylation is 1. The zero-order valence-corrected chi connectivity index (χ0v) is 8.82. The lowest BCUT2D eigenvalue weighted by atomic mass is 10.1. The Labute approximate surface area is 88.5 Å². The van der Waals surface area contributed by atoms with Crippen molar-refractivity contribution in [1.82, 2.24) is 4.98 Å². The number of hydrogen-bond donors (Lipinski definition) is 1. The molecule has 1 rings (SSSR count). The summed E-state index contributed by atoms with van der Waals surface area (Å²) in [5, 5.41) is 0. The maximum atomic E-state index is 11.6. The molecule has 1 amide bonds. The Kier molecular flexibility index (Phi) is 3.33. The number of pyridine rings is 1. The monoisotopic (exact) mass is 203 g/mol. The Balaban J connectivity index is 3.20. The number of aliphatic imine (C=N–C) groups is 1. The first-order valence-electron chi connectivity index (χ1n) is 4.49. The Morgan fingerprint density at radius 1 is 1.60 bits per heavy atom. The number of amidine groups is 1. The molecule has 1 aromatic heterocycles. The van der Waals surface area contributed by atoms with E-state index in [-0.39, 0.29) is 5.84 Å². The van der Waals surface area contributed by atoms with E-state index in [4.69, 9.17) is 5.73 Å². The highest BCUT2D eigenvalue weighted by Crippen LogP contribution is 2.10. The Morgan fingerprint density at radius 3 is 2.80 bits per heavy atom. The predicted molar refractivity (Wildman–Crippen MR) is 60.7 cm³/mol. The molecule has 0 saturated carbocycles. The first kappa shape index (κ1) is 11.1. The van der Waals surface area contributed by atoms with Gasteiger partial charge in [0.25, 0.3) is 5.91 Å². The van der Waals surface area contributed by atoms with Crippen molar-refractivity contribution >= 4 is 17.8 Å². The van der Waals surface area contributed by atoms with Crippen LogP contribution in [0.3, 0.4) is 0 Å². The van der Waals surface area contributed by atoms with Crippen molar-refractivity contribution < 1.29 is 4.79 Å². The molecule has 4 heteroatoms. The van der Waals surface area contributed by atoms with Crippen LogP contribution in [0.15, 0.2) is 23.7 Å². The molecule has 0 aliphatic carbocycles. The van der Waals surface area contributed by atoms with Crippen LogP contribution in [-0.4, -0.2) is 16.7 Å². The summed E-state index contributed by atoms with van der Waals surface area (Å²) >= 11 is 0. The number of hydrogen-bond acceptors (Lipinski definition) is 2. The smallest absolute Gasteiger partial charge is 0.280 e. The average molecular weight is 203 g/mol. The lowest BCUT2D eigenvalue weighted by Crippen LogP contribution is -2.10. The molecule has 0 aliphatic rings. The van der Waals surface area contributed by atoms with Crippen molar-refractivity contribution in [2.75, 3.05) is 0 Å². The molecule has 1 heterocycles. The van der Waals surface area contributed by atoms with Gasteiger partial charge in [0.05, 0.1) is 11.3 Å². The van der Waals surface area contributed by atoms with Gasteiger partial charge in [-0.15, -0.1) is 0 Å². The van der Waals surface area contributed by atoms with E-state index in [1.807, 2.05) is 6.92 Å². The summed E-state index contributed by atoms with van der Waals surface area (Å²) < 4.78 is 0. The first-order chi connectivity index (χ1) is 7.04. The van der Waals surface area contributed by atoms with Crippen molar-refractivity contribution in [2.24, 2.45) is 10.7 Å². The Morgan fingerprint density at radius 2 is 2.27 bits per heavy atom. The topological polar surface area (TPSA) is 68.3 Å². The third-order valence-corrected chi connectivity index (χ3v) is 1.77. The lowest BCUT2D eigenvalue weighted by molar-refractivity contribution is 0.100. The quantitative estimate of drug-likeness (QED) is 0.585. The predicted octanol–water partition coefficient (Wildman–Crippen LogP) is 1.55.